The highest BCUT2D eigenvalue weighted by Crippen LogP contribution is 2.42. The van der Waals surface area contributed by atoms with Crippen LogP contribution in [0.4, 0.5) is 0 Å². The Hall–Kier alpha value is -1.64. The Kier molecular flexibility index (Phi) is 3.80. The maximum absolute atomic E-state index is 4.51. The SMILES string of the molecule is CC.Cc1cccc(-c2n[nH]c(C3CC3)c2C)n1. The molecule has 1 aliphatic rings. The van der Waals surface area contributed by atoms with Crippen LogP contribution in [0.5, 0.6) is 0 Å². The Bertz CT molecular complexity index is 524. The van der Waals surface area contributed by atoms with E-state index < -0.39 is 0 Å². The van der Waals surface area contributed by atoms with E-state index in [2.05, 4.69) is 22.1 Å². The van der Waals surface area contributed by atoms with Crippen LogP contribution in [-0.2, 0) is 0 Å². The highest BCUT2D eigenvalue weighted by Gasteiger charge is 2.28. The number of aromatic nitrogens is 3. The molecule has 0 aliphatic heterocycles. The van der Waals surface area contributed by atoms with Gasteiger partial charge in [-0.25, -0.2) is 0 Å². The van der Waals surface area contributed by atoms with E-state index in [4.69, 9.17) is 0 Å². The number of nitrogens with zero attached hydrogens (tertiary/aromatic N) is 2. The fraction of sp³-hybridized carbons (Fsp3) is 0.467. The van der Waals surface area contributed by atoms with Gasteiger partial charge in [0.05, 0.1) is 5.69 Å². The van der Waals surface area contributed by atoms with Gasteiger partial charge < -0.3 is 0 Å². The molecule has 2 aromatic rings. The average Bonchev–Trinajstić information content (AvgIpc) is 3.15. The highest BCUT2D eigenvalue weighted by molar-refractivity contribution is 5.60. The molecule has 1 saturated carbocycles. The smallest absolute Gasteiger partial charge is 0.114 e. The maximum Gasteiger partial charge on any atom is 0.114 e. The van der Waals surface area contributed by atoms with E-state index in [9.17, 15) is 0 Å². The molecule has 1 fully saturated rings. The monoisotopic (exact) mass is 243 g/mol. The minimum atomic E-state index is 0.714. The molecule has 0 spiro atoms. The van der Waals surface area contributed by atoms with Gasteiger partial charge in [-0.2, -0.15) is 5.10 Å². The zero-order chi connectivity index (χ0) is 13.1. The number of pyridine rings is 1. The Balaban J connectivity index is 0.000000574. The standard InChI is InChI=1S/C13H15N3.C2H6/c1-8-4-3-5-11(14-8)13-9(2)12(15-16-13)10-6-7-10;1-2/h3-5,10H,6-7H2,1-2H3,(H,15,16);1-2H3. The topological polar surface area (TPSA) is 41.6 Å². The van der Waals surface area contributed by atoms with Gasteiger partial charge >= 0.3 is 0 Å². The quantitative estimate of drug-likeness (QED) is 0.866. The molecule has 0 amide bonds. The van der Waals surface area contributed by atoms with E-state index in [1.165, 1.54) is 24.1 Å². The van der Waals surface area contributed by atoms with E-state index in [-0.39, 0.29) is 0 Å². The summed E-state index contributed by atoms with van der Waals surface area (Å²) in [5.74, 6) is 0.714. The van der Waals surface area contributed by atoms with E-state index >= 15 is 0 Å². The van der Waals surface area contributed by atoms with Gasteiger partial charge in [0.25, 0.3) is 0 Å². The predicted octanol–water partition coefficient (Wildman–Crippen LogP) is 3.99. The van der Waals surface area contributed by atoms with Crippen LogP contribution in [0.1, 0.15) is 49.6 Å². The third-order valence-electron chi connectivity index (χ3n) is 3.16. The lowest BCUT2D eigenvalue weighted by Gasteiger charge is -1.99. The second-order valence-electron chi connectivity index (χ2n) is 4.55. The molecule has 1 aliphatic carbocycles. The molecule has 3 nitrogen and oxygen atoms in total. The lowest BCUT2D eigenvalue weighted by atomic mass is 10.1. The summed E-state index contributed by atoms with van der Waals surface area (Å²) in [5, 5.41) is 7.56. The summed E-state index contributed by atoms with van der Waals surface area (Å²) in [4.78, 5) is 4.51. The number of hydrogen-bond acceptors (Lipinski definition) is 2. The zero-order valence-electron chi connectivity index (χ0n) is 11.6. The van der Waals surface area contributed by atoms with Crippen molar-refractivity contribution in [3.63, 3.8) is 0 Å². The third kappa shape index (κ3) is 2.45. The van der Waals surface area contributed by atoms with Crippen LogP contribution in [0, 0.1) is 13.8 Å². The summed E-state index contributed by atoms with van der Waals surface area (Å²) >= 11 is 0. The van der Waals surface area contributed by atoms with E-state index in [1.54, 1.807) is 0 Å². The Morgan fingerprint density at radius 1 is 1.17 bits per heavy atom. The van der Waals surface area contributed by atoms with Crippen molar-refractivity contribution in [2.75, 3.05) is 0 Å². The average molecular weight is 243 g/mol. The number of H-pyrrole nitrogens is 1. The minimum absolute atomic E-state index is 0.714. The lowest BCUT2D eigenvalue weighted by Crippen LogP contribution is -1.88. The van der Waals surface area contributed by atoms with Gasteiger partial charge in [-0.15, -0.1) is 0 Å². The first-order valence-electron chi connectivity index (χ1n) is 6.74. The molecule has 96 valence electrons. The van der Waals surface area contributed by atoms with Gasteiger partial charge in [-0.05, 0) is 44.4 Å². The molecule has 3 heteroatoms. The lowest BCUT2D eigenvalue weighted by molar-refractivity contribution is 0.959. The summed E-state index contributed by atoms with van der Waals surface area (Å²) < 4.78 is 0. The van der Waals surface area contributed by atoms with Crippen molar-refractivity contribution in [3.8, 4) is 11.4 Å². The molecule has 0 radical (unpaired) electrons. The summed E-state index contributed by atoms with van der Waals surface area (Å²) in [6.45, 7) is 8.14. The normalized spacial score (nSPS) is 14.0. The van der Waals surface area contributed by atoms with Crippen molar-refractivity contribution >= 4 is 0 Å². The maximum atomic E-state index is 4.51. The molecule has 3 rings (SSSR count). The summed E-state index contributed by atoms with van der Waals surface area (Å²) in [6, 6.07) is 6.06. The van der Waals surface area contributed by atoms with Crippen molar-refractivity contribution in [2.24, 2.45) is 0 Å². The van der Waals surface area contributed by atoms with Gasteiger partial charge in [0.2, 0.25) is 0 Å². The third-order valence-corrected chi connectivity index (χ3v) is 3.16. The predicted molar refractivity (Wildman–Crippen MR) is 74.6 cm³/mol. The highest BCUT2D eigenvalue weighted by atomic mass is 15.1. The molecular weight excluding hydrogens is 222 g/mol. The van der Waals surface area contributed by atoms with Crippen molar-refractivity contribution in [2.45, 2.75) is 46.5 Å². The Labute approximate surface area is 109 Å². The van der Waals surface area contributed by atoms with Gasteiger partial charge in [-0.1, -0.05) is 19.9 Å². The number of aromatic amines is 1. The second kappa shape index (κ2) is 5.34. The summed E-state index contributed by atoms with van der Waals surface area (Å²) in [6.07, 6.45) is 2.59. The first-order valence-corrected chi connectivity index (χ1v) is 6.74. The summed E-state index contributed by atoms with van der Waals surface area (Å²) in [5.41, 5.74) is 5.58. The Morgan fingerprint density at radius 3 is 2.50 bits per heavy atom. The first kappa shape index (κ1) is 12.8. The number of aryl methyl sites for hydroxylation is 1. The molecule has 0 saturated heterocycles. The van der Waals surface area contributed by atoms with Crippen LogP contribution in [0.3, 0.4) is 0 Å². The van der Waals surface area contributed by atoms with Crippen molar-refractivity contribution in [1.29, 1.82) is 0 Å². The van der Waals surface area contributed by atoms with Crippen molar-refractivity contribution in [1.82, 2.24) is 15.2 Å². The summed E-state index contributed by atoms with van der Waals surface area (Å²) in [7, 11) is 0. The molecule has 18 heavy (non-hydrogen) atoms. The molecular formula is C15H21N3. The van der Waals surface area contributed by atoms with Gasteiger partial charge in [0.15, 0.2) is 0 Å². The van der Waals surface area contributed by atoms with Crippen molar-refractivity contribution < 1.29 is 0 Å². The molecule has 0 aromatic carbocycles. The Morgan fingerprint density at radius 2 is 1.89 bits per heavy atom. The molecule has 0 bridgehead atoms. The molecule has 2 aromatic heterocycles. The zero-order valence-corrected chi connectivity index (χ0v) is 11.6. The van der Waals surface area contributed by atoms with E-state index in [1.807, 2.05) is 39.0 Å². The number of hydrogen-bond donors (Lipinski definition) is 1. The largest absolute Gasteiger partial charge is 0.281 e. The van der Waals surface area contributed by atoms with E-state index in [0.29, 0.717) is 5.92 Å². The van der Waals surface area contributed by atoms with Crippen LogP contribution >= 0.6 is 0 Å². The van der Waals surface area contributed by atoms with Crippen LogP contribution in [-0.4, -0.2) is 15.2 Å². The van der Waals surface area contributed by atoms with Crippen LogP contribution in [0.2, 0.25) is 0 Å². The first-order chi connectivity index (χ1) is 8.75. The molecule has 1 N–H and O–H groups in total. The molecule has 0 unspecified atom stereocenters. The van der Waals surface area contributed by atoms with Crippen LogP contribution in [0.15, 0.2) is 18.2 Å². The molecule has 2 heterocycles. The van der Waals surface area contributed by atoms with Gasteiger partial charge in [-0.3, -0.25) is 10.1 Å². The second-order valence-corrected chi connectivity index (χ2v) is 4.55. The fourth-order valence-electron chi connectivity index (χ4n) is 2.11. The van der Waals surface area contributed by atoms with Gasteiger partial charge in [0, 0.05) is 17.3 Å². The van der Waals surface area contributed by atoms with Gasteiger partial charge in [0.1, 0.15) is 5.69 Å². The number of rotatable bonds is 2. The number of nitrogens with one attached hydrogen (secondary N) is 1. The minimum Gasteiger partial charge on any atom is -0.281 e. The molecule has 0 atom stereocenters. The van der Waals surface area contributed by atoms with Crippen LogP contribution in [0.25, 0.3) is 11.4 Å². The van der Waals surface area contributed by atoms with Crippen molar-refractivity contribution in [3.05, 3.63) is 35.2 Å². The van der Waals surface area contributed by atoms with E-state index in [0.717, 1.165) is 17.1 Å². The van der Waals surface area contributed by atoms with Crippen LogP contribution < -0.4 is 0 Å². The fourth-order valence-corrected chi connectivity index (χ4v) is 2.11.